The van der Waals surface area contributed by atoms with E-state index in [0.717, 1.165) is 29.7 Å². The lowest BCUT2D eigenvalue weighted by Gasteiger charge is -2.33. The maximum atomic E-state index is 12.2. The second-order valence-corrected chi connectivity index (χ2v) is 8.58. The smallest absolute Gasteiger partial charge is 0.410 e. The van der Waals surface area contributed by atoms with Crippen LogP contribution in [0, 0.1) is 5.92 Å². The van der Waals surface area contributed by atoms with E-state index < -0.39 is 5.60 Å². The van der Waals surface area contributed by atoms with Crippen molar-refractivity contribution in [3.8, 4) is 0 Å². The number of hydrogen-bond acceptors (Lipinski definition) is 5. The Morgan fingerprint density at radius 1 is 1.33 bits per heavy atom. The van der Waals surface area contributed by atoms with Crippen molar-refractivity contribution in [3.63, 3.8) is 0 Å². The minimum Gasteiger partial charge on any atom is -0.492 e. The summed E-state index contributed by atoms with van der Waals surface area (Å²) >= 11 is 0. The fourth-order valence-corrected chi connectivity index (χ4v) is 3.13. The molecule has 1 aromatic carbocycles. The summed E-state index contributed by atoms with van der Waals surface area (Å²) in [6.45, 7) is 13.9. The highest BCUT2D eigenvalue weighted by atomic mass is 16.6. The summed E-state index contributed by atoms with van der Waals surface area (Å²) in [5, 5.41) is 0. The van der Waals surface area contributed by atoms with Gasteiger partial charge in [0.15, 0.2) is 0 Å². The molecule has 0 spiro atoms. The molecule has 6 nitrogen and oxygen atoms in total. The summed E-state index contributed by atoms with van der Waals surface area (Å²) in [6.07, 6.45) is 4.91. The van der Waals surface area contributed by atoms with E-state index in [2.05, 4.69) is 11.6 Å². The fraction of sp³-hybridized carbons (Fsp3) is 0.500. The number of nitrogens with two attached hydrogens (primary N) is 1. The van der Waals surface area contributed by atoms with Gasteiger partial charge in [0.2, 0.25) is 0 Å². The topological polar surface area (TPSA) is 77.2 Å². The van der Waals surface area contributed by atoms with E-state index in [9.17, 15) is 4.79 Å². The highest BCUT2D eigenvalue weighted by molar-refractivity contribution is 5.99. The van der Waals surface area contributed by atoms with Crippen LogP contribution >= 0.6 is 0 Å². The van der Waals surface area contributed by atoms with E-state index in [-0.39, 0.29) is 6.09 Å². The van der Waals surface area contributed by atoms with Crippen LogP contribution in [0.2, 0.25) is 0 Å². The van der Waals surface area contributed by atoms with Crippen molar-refractivity contribution < 1.29 is 14.3 Å². The lowest BCUT2D eigenvalue weighted by atomic mass is 9.98. The second-order valence-electron chi connectivity index (χ2n) is 8.58. The van der Waals surface area contributed by atoms with Crippen LogP contribution in [0.5, 0.6) is 0 Å². The molecule has 0 saturated carbocycles. The third-order valence-electron chi connectivity index (χ3n) is 4.92. The van der Waals surface area contributed by atoms with Gasteiger partial charge in [-0.3, -0.25) is 4.99 Å². The molecule has 1 aliphatic heterocycles. The largest absolute Gasteiger partial charge is 0.492 e. The second kappa shape index (κ2) is 11.0. The standard InChI is InChI=1S/C24H35N3O3/c1-6-22(16-26-18(2)21-9-7-8-20(14-21)15-25)29-17-19-10-12-27(13-11-19)23(28)30-24(3,4)5/h6-9,14,16,19H,1,10-13,15,17,25H2,2-5H3/b22-16+,26-18?. The van der Waals surface area contributed by atoms with E-state index in [0.29, 0.717) is 37.9 Å². The van der Waals surface area contributed by atoms with Crippen molar-refractivity contribution in [2.45, 2.75) is 52.7 Å². The number of carbonyl (C=O) groups is 1. The number of benzene rings is 1. The first-order valence-electron chi connectivity index (χ1n) is 10.5. The van der Waals surface area contributed by atoms with Gasteiger partial charge >= 0.3 is 6.09 Å². The maximum absolute atomic E-state index is 12.2. The molecule has 164 valence electrons. The maximum Gasteiger partial charge on any atom is 0.410 e. The van der Waals surface area contributed by atoms with E-state index in [1.54, 1.807) is 17.2 Å². The molecule has 0 aliphatic carbocycles. The number of likely N-dealkylation sites (tertiary alicyclic amines) is 1. The predicted octanol–water partition coefficient (Wildman–Crippen LogP) is 4.65. The zero-order chi connectivity index (χ0) is 22.1. The normalized spacial score (nSPS) is 16.4. The Morgan fingerprint density at radius 3 is 2.63 bits per heavy atom. The molecule has 1 aliphatic rings. The molecule has 0 bridgehead atoms. The van der Waals surface area contributed by atoms with Crippen molar-refractivity contribution in [1.29, 1.82) is 0 Å². The van der Waals surface area contributed by atoms with Crippen LogP contribution in [-0.4, -0.2) is 42.0 Å². The number of allylic oxidation sites excluding steroid dienone is 1. The number of rotatable bonds is 7. The summed E-state index contributed by atoms with van der Waals surface area (Å²) in [5.41, 5.74) is 8.24. The van der Waals surface area contributed by atoms with Gasteiger partial charge in [-0.1, -0.05) is 24.8 Å². The quantitative estimate of drug-likeness (QED) is 0.401. The molecule has 2 N–H and O–H groups in total. The van der Waals surface area contributed by atoms with Crippen LogP contribution in [0.3, 0.4) is 0 Å². The minimum atomic E-state index is -0.467. The molecular weight excluding hydrogens is 378 g/mol. The number of carbonyl (C=O) groups excluding carboxylic acids is 1. The van der Waals surface area contributed by atoms with Crippen LogP contribution in [-0.2, 0) is 16.0 Å². The summed E-state index contributed by atoms with van der Waals surface area (Å²) in [5.74, 6) is 1.03. The zero-order valence-corrected chi connectivity index (χ0v) is 18.7. The molecule has 1 saturated heterocycles. The molecule has 1 fully saturated rings. The van der Waals surface area contributed by atoms with E-state index in [1.807, 2.05) is 52.0 Å². The van der Waals surface area contributed by atoms with Gasteiger partial charge in [0, 0.05) is 25.3 Å². The Labute approximate surface area is 180 Å². The first-order chi connectivity index (χ1) is 14.2. The lowest BCUT2D eigenvalue weighted by Crippen LogP contribution is -2.42. The molecule has 0 radical (unpaired) electrons. The first kappa shape index (κ1) is 23.7. The van der Waals surface area contributed by atoms with Crippen molar-refractivity contribution in [2.75, 3.05) is 19.7 Å². The Balaban J connectivity index is 1.85. The van der Waals surface area contributed by atoms with Gasteiger partial charge in [-0.05, 0) is 69.7 Å². The van der Waals surface area contributed by atoms with Crippen molar-refractivity contribution >= 4 is 11.8 Å². The van der Waals surface area contributed by atoms with Gasteiger partial charge in [-0.25, -0.2) is 4.79 Å². The SMILES string of the molecule is C=C/C(=C\N=C(C)c1cccc(CN)c1)OCC1CCN(C(=O)OC(C)(C)C)CC1. The van der Waals surface area contributed by atoms with Crippen LogP contribution in [0.25, 0.3) is 0 Å². The Bertz CT molecular complexity index is 785. The Morgan fingerprint density at radius 2 is 2.03 bits per heavy atom. The molecule has 0 atom stereocenters. The van der Waals surface area contributed by atoms with Crippen LogP contribution in [0.15, 0.2) is 53.9 Å². The van der Waals surface area contributed by atoms with Crippen LogP contribution in [0.1, 0.15) is 51.7 Å². The molecule has 2 rings (SSSR count). The number of ether oxygens (including phenoxy) is 2. The van der Waals surface area contributed by atoms with Crippen LogP contribution in [0.4, 0.5) is 4.79 Å². The Kier molecular flexibility index (Phi) is 8.66. The molecule has 0 unspecified atom stereocenters. The summed E-state index contributed by atoms with van der Waals surface area (Å²) in [7, 11) is 0. The average Bonchev–Trinajstić information content (AvgIpc) is 2.72. The van der Waals surface area contributed by atoms with Crippen molar-refractivity contribution in [1.82, 2.24) is 4.90 Å². The van der Waals surface area contributed by atoms with E-state index >= 15 is 0 Å². The van der Waals surface area contributed by atoms with Gasteiger partial charge in [-0.15, -0.1) is 0 Å². The summed E-state index contributed by atoms with van der Waals surface area (Å²) < 4.78 is 11.4. The number of nitrogens with zero attached hydrogens (tertiary/aromatic N) is 2. The first-order valence-corrected chi connectivity index (χ1v) is 10.5. The lowest BCUT2D eigenvalue weighted by molar-refractivity contribution is 0.0150. The molecule has 1 aromatic rings. The zero-order valence-electron chi connectivity index (χ0n) is 18.7. The summed E-state index contributed by atoms with van der Waals surface area (Å²) in [6, 6.07) is 8.03. The monoisotopic (exact) mass is 413 g/mol. The molecule has 1 amide bonds. The number of aliphatic imine (C=N–C) groups is 1. The van der Waals surface area contributed by atoms with Crippen molar-refractivity contribution in [3.05, 3.63) is 60.0 Å². The molecule has 6 heteroatoms. The minimum absolute atomic E-state index is 0.239. The highest BCUT2D eigenvalue weighted by Gasteiger charge is 2.27. The van der Waals surface area contributed by atoms with Gasteiger partial charge in [0.25, 0.3) is 0 Å². The van der Waals surface area contributed by atoms with Gasteiger partial charge < -0.3 is 20.1 Å². The third kappa shape index (κ3) is 7.67. The molecular formula is C24H35N3O3. The third-order valence-corrected chi connectivity index (χ3v) is 4.92. The number of amides is 1. The average molecular weight is 414 g/mol. The number of hydrogen-bond donors (Lipinski definition) is 1. The van der Waals surface area contributed by atoms with Gasteiger partial charge in [0.05, 0.1) is 12.8 Å². The van der Waals surface area contributed by atoms with Gasteiger partial charge in [-0.2, -0.15) is 0 Å². The molecule has 1 heterocycles. The predicted molar refractivity (Wildman–Crippen MR) is 121 cm³/mol. The van der Waals surface area contributed by atoms with E-state index in [1.165, 1.54) is 0 Å². The number of piperidine rings is 1. The molecule has 0 aromatic heterocycles. The molecule has 30 heavy (non-hydrogen) atoms. The fourth-order valence-electron chi connectivity index (χ4n) is 3.13. The van der Waals surface area contributed by atoms with E-state index in [4.69, 9.17) is 15.2 Å². The Hall–Kier alpha value is -2.60. The van der Waals surface area contributed by atoms with Gasteiger partial charge in [0.1, 0.15) is 11.4 Å². The highest BCUT2D eigenvalue weighted by Crippen LogP contribution is 2.21. The van der Waals surface area contributed by atoms with Crippen molar-refractivity contribution in [2.24, 2.45) is 16.6 Å². The summed E-state index contributed by atoms with van der Waals surface area (Å²) in [4.78, 5) is 18.5. The van der Waals surface area contributed by atoms with Crippen LogP contribution < -0.4 is 5.73 Å².